The van der Waals surface area contributed by atoms with Crippen LogP contribution in [0.15, 0.2) is 18.2 Å². The fourth-order valence-electron chi connectivity index (χ4n) is 1.49. The van der Waals surface area contributed by atoms with Crippen molar-refractivity contribution >= 4 is 29.3 Å². The standard InChI is InChI=1S/C13H17ClN2O4/c1-3-20-7-8(2)15-13(19)16-9-4-5-11(14)10(6-9)12(17)18/h4-6,8H,3,7H2,1-2H3,(H,17,18)(H2,15,16,19). The first-order chi connectivity index (χ1) is 9.43. The predicted octanol–water partition coefficient (Wildman–Crippen LogP) is 2.58. The lowest BCUT2D eigenvalue weighted by molar-refractivity contribution is 0.0697. The van der Waals surface area contributed by atoms with Crippen molar-refractivity contribution in [3.8, 4) is 0 Å². The molecule has 0 aliphatic heterocycles. The summed E-state index contributed by atoms with van der Waals surface area (Å²) in [5, 5.41) is 14.3. The summed E-state index contributed by atoms with van der Waals surface area (Å²) in [5.41, 5.74) is 0.291. The fraction of sp³-hybridized carbons (Fsp3) is 0.385. The van der Waals surface area contributed by atoms with Gasteiger partial charge in [-0.1, -0.05) is 11.6 Å². The van der Waals surface area contributed by atoms with Crippen molar-refractivity contribution in [2.75, 3.05) is 18.5 Å². The highest BCUT2D eigenvalue weighted by atomic mass is 35.5. The first-order valence-electron chi connectivity index (χ1n) is 6.12. The van der Waals surface area contributed by atoms with E-state index >= 15 is 0 Å². The van der Waals surface area contributed by atoms with Gasteiger partial charge >= 0.3 is 12.0 Å². The molecule has 0 fully saturated rings. The van der Waals surface area contributed by atoms with E-state index in [1.807, 2.05) is 6.92 Å². The van der Waals surface area contributed by atoms with E-state index in [9.17, 15) is 9.59 Å². The summed E-state index contributed by atoms with van der Waals surface area (Å²) in [6.45, 7) is 4.66. The number of nitrogens with one attached hydrogen (secondary N) is 2. The van der Waals surface area contributed by atoms with Gasteiger partial charge in [-0.3, -0.25) is 0 Å². The zero-order valence-electron chi connectivity index (χ0n) is 11.3. The van der Waals surface area contributed by atoms with Gasteiger partial charge in [-0.25, -0.2) is 9.59 Å². The number of urea groups is 1. The number of carbonyl (C=O) groups excluding carboxylic acids is 1. The molecule has 0 spiro atoms. The molecule has 2 amide bonds. The monoisotopic (exact) mass is 300 g/mol. The second-order valence-corrected chi connectivity index (χ2v) is 4.57. The average Bonchev–Trinajstić information content (AvgIpc) is 2.38. The summed E-state index contributed by atoms with van der Waals surface area (Å²) in [7, 11) is 0. The Morgan fingerprint density at radius 1 is 1.45 bits per heavy atom. The van der Waals surface area contributed by atoms with Crippen LogP contribution in [0.25, 0.3) is 0 Å². The molecule has 0 saturated heterocycles. The van der Waals surface area contributed by atoms with E-state index < -0.39 is 12.0 Å². The van der Waals surface area contributed by atoms with Crippen molar-refractivity contribution in [1.29, 1.82) is 0 Å². The predicted molar refractivity (Wildman–Crippen MR) is 76.5 cm³/mol. The maximum atomic E-state index is 11.7. The van der Waals surface area contributed by atoms with Crippen molar-refractivity contribution in [1.82, 2.24) is 5.32 Å². The van der Waals surface area contributed by atoms with Crippen LogP contribution in [0.2, 0.25) is 5.02 Å². The SMILES string of the molecule is CCOCC(C)NC(=O)Nc1ccc(Cl)c(C(=O)O)c1. The number of ether oxygens (including phenoxy) is 1. The normalized spacial score (nSPS) is 11.8. The highest BCUT2D eigenvalue weighted by Crippen LogP contribution is 2.20. The van der Waals surface area contributed by atoms with Crippen LogP contribution in [0.3, 0.4) is 0 Å². The van der Waals surface area contributed by atoms with Crippen LogP contribution in [0.4, 0.5) is 10.5 Å². The minimum absolute atomic E-state index is 0.0631. The third-order valence-corrected chi connectivity index (χ3v) is 2.73. The van der Waals surface area contributed by atoms with Gasteiger partial charge in [0.15, 0.2) is 0 Å². The number of carboxylic acids is 1. The topological polar surface area (TPSA) is 87.7 Å². The molecule has 1 rings (SSSR count). The number of hydrogen-bond acceptors (Lipinski definition) is 3. The highest BCUT2D eigenvalue weighted by Gasteiger charge is 2.12. The maximum absolute atomic E-state index is 11.7. The zero-order valence-corrected chi connectivity index (χ0v) is 12.0. The van der Waals surface area contributed by atoms with Gasteiger partial charge in [-0.05, 0) is 32.0 Å². The van der Waals surface area contributed by atoms with Gasteiger partial charge in [-0.2, -0.15) is 0 Å². The molecule has 3 N–H and O–H groups in total. The lowest BCUT2D eigenvalue weighted by atomic mass is 10.2. The summed E-state index contributed by atoms with van der Waals surface area (Å²) in [6.07, 6.45) is 0. The quantitative estimate of drug-likeness (QED) is 0.753. The van der Waals surface area contributed by atoms with Gasteiger partial charge in [0, 0.05) is 12.3 Å². The maximum Gasteiger partial charge on any atom is 0.337 e. The minimum atomic E-state index is -1.15. The third-order valence-electron chi connectivity index (χ3n) is 2.40. The molecule has 0 aliphatic carbocycles. The Kier molecular flexibility index (Phi) is 6.27. The summed E-state index contributed by atoms with van der Waals surface area (Å²) in [4.78, 5) is 22.6. The molecule has 0 aliphatic rings. The molecule has 0 saturated carbocycles. The van der Waals surface area contributed by atoms with Crippen molar-refractivity contribution in [3.63, 3.8) is 0 Å². The molecule has 7 heteroatoms. The Balaban J connectivity index is 2.62. The van der Waals surface area contributed by atoms with Crippen molar-refractivity contribution in [2.45, 2.75) is 19.9 Å². The average molecular weight is 301 g/mol. The molecular formula is C13H17ClN2O4. The smallest absolute Gasteiger partial charge is 0.337 e. The number of carboxylic acid groups (broad SMARTS) is 1. The number of hydrogen-bond donors (Lipinski definition) is 3. The summed E-state index contributed by atoms with van der Waals surface area (Å²) in [5.74, 6) is -1.15. The Bertz CT molecular complexity index is 493. The van der Waals surface area contributed by atoms with E-state index in [1.54, 1.807) is 6.92 Å². The number of carbonyl (C=O) groups is 2. The zero-order chi connectivity index (χ0) is 15.1. The molecular weight excluding hydrogens is 284 g/mol. The third kappa shape index (κ3) is 5.07. The largest absolute Gasteiger partial charge is 0.478 e. The van der Waals surface area contributed by atoms with E-state index in [1.165, 1.54) is 18.2 Å². The van der Waals surface area contributed by atoms with E-state index in [0.717, 1.165) is 0 Å². The number of amides is 2. The van der Waals surface area contributed by atoms with Gasteiger partial charge in [0.2, 0.25) is 0 Å². The first-order valence-corrected chi connectivity index (χ1v) is 6.50. The molecule has 0 heterocycles. The Hall–Kier alpha value is -1.79. The van der Waals surface area contributed by atoms with Crippen LogP contribution in [-0.4, -0.2) is 36.4 Å². The van der Waals surface area contributed by atoms with Gasteiger partial charge in [0.05, 0.1) is 23.2 Å². The molecule has 20 heavy (non-hydrogen) atoms. The minimum Gasteiger partial charge on any atom is -0.478 e. The highest BCUT2D eigenvalue weighted by molar-refractivity contribution is 6.33. The van der Waals surface area contributed by atoms with Crippen LogP contribution in [0, 0.1) is 0 Å². The Morgan fingerprint density at radius 2 is 2.15 bits per heavy atom. The molecule has 0 bridgehead atoms. The van der Waals surface area contributed by atoms with Crippen molar-refractivity contribution < 1.29 is 19.4 Å². The van der Waals surface area contributed by atoms with Gasteiger partial charge in [0.25, 0.3) is 0 Å². The van der Waals surface area contributed by atoms with Gasteiger partial charge in [-0.15, -0.1) is 0 Å². The number of benzene rings is 1. The van der Waals surface area contributed by atoms with Gasteiger partial charge < -0.3 is 20.5 Å². The van der Waals surface area contributed by atoms with Gasteiger partial charge in [0.1, 0.15) is 0 Å². The number of rotatable bonds is 6. The lowest BCUT2D eigenvalue weighted by Gasteiger charge is -2.14. The first kappa shape index (κ1) is 16.3. The second-order valence-electron chi connectivity index (χ2n) is 4.16. The fourth-order valence-corrected chi connectivity index (χ4v) is 1.69. The molecule has 6 nitrogen and oxygen atoms in total. The summed E-state index contributed by atoms with van der Waals surface area (Å²) < 4.78 is 5.18. The van der Waals surface area contributed by atoms with Crippen LogP contribution in [0.1, 0.15) is 24.2 Å². The molecule has 0 aromatic heterocycles. The molecule has 1 atom stereocenters. The second kappa shape index (κ2) is 7.72. The number of halogens is 1. The van der Waals surface area contributed by atoms with Crippen LogP contribution in [0.5, 0.6) is 0 Å². The molecule has 110 valence electrons. The molecule has 1 aromatic rings. The Morgan fingerprint density at radius 3 is 2.75 bits per heavy atom. The molecule has 1 unspecified atom stereocenters. The van der Waals surface area contributed by atoms with E-state index in [0.29, 0.717) is 18.9 Å². The van der Waals surface area contributed by atoms with E-state index in [-0.39, 0.29) is 16.6 Å². The lowest BCUT2D eigenvalue weighted by Crippen LogP contribution is -2.38. The van der Waals surface area contributed by atoms with E-state index in [4.69, 9.17) is 21.4 Å². The van der Waals surface area contributed by atoms with Crippen molar-refractivity contribution in [3.05, 3.63) is 28.8 Å². The molecule has 0 radical (unpaired) electrons. The number of anilines is 1. The summed E-state index contributed by atoms with van der Waals surface area (Å²) >= 11 is 5.74. The Labute approximate surface area is 122 Å². The number of aromatic carboxylic acids is 1. The van der Waals surface area contributed by atoms with Crippen molar-refractivity contribution in [2.24, 2.45) is 0 Å². The summed E-state index contributed by atoms with van der Waals surface area (Å²) in [6, 6.07) is 3.67. The van der Waals surface area contributed by atoms with E-state index in [2.05, 4.69) is 10.6 Å². The van der Waals surface area contributed by atoms with Crippen LogP contribution in [-0.2, 0) is 4.74 Å². The molecule has 1 aromatic carbocycles. The van der Waals surface area contributed by atoms with Crippen LogP contribution < -0.4 is 10.6 Å². The van der Waals surface area contributed by atoms with Crippen LogP contribution >= 0.6 is 11.6 Å².